The van der Waals surface area contributed by atoms with E-state index < -0.39 is 10.0 Å². The van der Waals surface area contributed by atoms with Crippen molar-refractivity contribution in [2.75, 3.05) is 0 Å². The van der Waals surface area contributed by atoms with Crippen molar-refractivity contribution < 1.29 is 8.42 Å². The van der Waals surface area contributed by atoms with Gasteiger partial charge in [-0.05, 0) is 37.6 Å². The first-order valence-electron chi connectivity index (χ1n) is 4.97. The molecule has 4 heteroatoms. The molecule has 0 amide bonds. The van der Waals surface area contributed by atoms with E-state index in [4.69, 9.17) is 0 Å². The van der Waals surface area contributed by atoms with E-state index in [1.165, 1.54) is 16.4 Å². The molecule has 3 nitrogen and oxygen atoms in total. The van der Waals surface area contributed by atoms with E-state index in [1.807, 2.05) is 26.0 Å². The van der Waals surface area contributed by atoms with Crippen LogP contribution in [0.25, 0.3) is 0 Å². The second-order valence-electron chi connectivity index (χ2n) is 3.79. The smallest absolute Gasteiger partial charge is 0.249 e. The largest absolute Gasteiger partial charge is 0.267 e. The Morgan fingerprint density at radius 1 is 1.06 bits per heavy atom. The van der Waals surface area contributed by atoms with Crippen molar-refractivity contribution in [2.45, 2.75) is 18.7 Å². The van der Waals surface area contributed by atoms with Gasteiger partial charge in [0.1, 0.15) is 0 Å². The Morgan fingerprint density at radius 3 is 2.25 bits per heavy atom. The second kappa shape index (κ2) is 3.79. The summed E-state index contributed by atoms with van der Waals surface area (Å²) < 4.78 is 25.6. The predicted octanol–water partition coefficient (Wildman–Crippen LogP) is 2.34. The van der Waals surface area contributed by atoms with Crippen molar-refractivity contribution in [1.82, 2.24) is 3.97 Å². The highest BCUT2D eigenvalue weighted by Gasteiger charge is 2.17. The van der Waals surface area contributed by atoms with Crippen LogP contribution in [0.4, 0.5) is 0 Å². The molecule has 0 radical (unpaired) electrons. The molecular weight excluding hydrogens is 222 g/mol. The van der Waals surface area contributed by atoms with E-state index in [2.05, 4.69) is 0 Å². The zero-order chi connectivity index (χ0) is 11.8. The molecule has 0 aliphatic rings. The van der Waals surface area contributed by atoms with Crippen LogP contribution in [0.5, 0.6) is 0 Å². The third-order valence-electron chi connectivity index (χ3n) is 2.46. The Balaban J connectivity index is 2.61. The Labute approximate surface area is 95.4 Å². The van der Waals surface area contributed by atoms with Crippen molar-refractivity contribution in [3.05, 3.63) is 53.9 Å². The first-order valence-corrected chi connectivity index (χ1v) is 6.41. The number of rotatable bonds is 2. The van der Waals surface area contributed by atoms with Gasteiger partial charge in [-0.1, -0.05) is 17.7 Å². The van der Waals surface area contributed by atoms with Crippen LogP contribution < -0.4 is 0 Å². The van der Waals surface area contributed by atoms with Gasteiger partial charge in [0.15, 0.2) is 0 Å². The lowest BCUT2D eigenvalue weighted by atomic mass is 10.2. The van der Waals surface area contributed by atoms with Gasteiger partial charge in [0, 0.05) is 12.4 Å². The van der Waals surface area contributed by atoms with Crippen LogP contribution in [0.15, 0.2) is 47.6 Å². The van der Waals surface area contributed by atoms with Crippen molar-refractivity contribution >= 4 is 10.0 Å². The summed E-state index contributed by atoms with van der Waals surface area (Å²) in [6, 6.07) is 8.72. The number of hydrogen-bond acceptors (Lipinski definition) is 2. The molecule has 0 spiro atoms. The summed E-state index contributed by atoms with van der Waals surface area (Å²) in [6.07, 6.45) is 3.07. The molecule has 2 rings (SSSR count). The summed E-state index contributed by atoms with van der Waals surface area (Å²) in [7, 11) is -3.43. The number of hydrogen-bond donors (Lipinski definition) is 0. The van der Waals surface area contributed by atoms with Crippen LogP contribution >= 0.6 is 0 Å². The van der Waals surface area contributed by atoms with Gasteiger partial charge in [-0.15, -0.1) is 0 Å². The van der Waals surface area contributed by atoms with Crippen LogP contribution in [0, 0.1) is 13.8 Å². The molecule has 16 heavy (non-hydrogen) atoms. The Bertz CT molecular complexity index is 598. The number of aryl methyl sites for hydroxylation is 2. The molecule has 0 saturated heterocycles. The fourth-order valence-corrected chi connectivity index (χ4v) is 3.08. The monoisotopic (exact) mass is 235 g/mol. The van der Waals surface area contributed by atoms with E-state index in [1.54, 1.807) is 18.2 Å². The Morgan fingerprint density at radius 2 is 1.69 bits per heavy atom. The molecule has 1 aromatic carbocycles. The highest BCUT2D eigenvalue weighted by molar-refractivity contribution is 7.90. The van der Waals surface area contributed by atoms with Crippen molar-refractivity contribution in [3.8, 4) is 0 Å². The van der Waals surface area contributed by atoms with E-state index in [-0.39, 0.29) is 0 Å². The third-order valence-corrected chi connectivity index (χ3v) is 4.28. The number of nitrogens with zero attached hydrogens (tertiary/aromatic N) is 1. The molecule has 1 aromatic heterocycles. The average Bonchev–Trinajstić information content (AvgIpc) is 2.69. The lowest BCUT2D eigenvalue weighted by Gasteiger charge is -2.09. The van der Waals surface area contributed by atoms with Crippen molar-refractivity contribution in [1.29, 1.82) is 0 Å². The van der Waals surface area contributed by atoms with Crippen molar-refractivity contribution in [3.63, 3.8) is 0 Å². The zero-order valence-corrected chi connectivity index (χ0v) is 10.0. The fourth-order valence-electron chi connectivity index (χ4n) is 1.68. The molecule has 84 valence electrons. The van der Waals surface area contributed by atoms with Crippen LogP contribution in [0.2, 0.25) is 0 Å². The van der Waals surface area contributed by atoms with E-state index in [0.29, 0.717) is 4.90 Å². The highest BCUT2D eigenvalue weighted by Crippen LogP contribution is 2.19. The van der Waals surface area contributed by atoms with Gasteiger partial charge in [-0.2, -0.15) is 0 Å². The molecule has 0 unspecified atom stereocenters. The first-order chi connectivity index (χ1) is 7.51. The molecule has 0 fully saturated rings. The van der Waals surface area contributed by atoms with Crippen LogP contribution in [0.3, 0.4) is 0 Å². The van der Waals surface area contributed by atoms with Gasteiger partial charge in [-0.25, -0.2) is 12.4 Å². The highest BCUT2D eigenvalue weighted by atomic mass is 32.2. The second-order valence-corrected chi connectivity index (χ2v) is 5.60. The van der Waals surface area contributed by atoms with Gasteiger partial charge in [0.2, 0.25) is 0 Å². The normalized spacial score (nSPS) is 11.6. The number of benzene rings is 1. The van der Waals surface area contributed by atoms with Gasteiger partial charge < -0.3 is 0 Å². The Kier molecular flexibility index (Phi) is 2.59. The van der Waals surface area contributed by atoms with Crippen LogP contribution in [0.1, 0.15) is 11.1 Å². The molecule has 0 aliphatic carbocycles. The molecule has 0 atom stereocenters. The molecule has 2 aromatic rings. The molecule has 0 saturated carbocycles. The summed E-state index contributed by atoms with van der Waals surface area (Å²) >= 11 is 0. The van der Waals surface area contributed by atoms with Gasteiger partial charge in [0.05, 0.1) is 4.90 Å². The van der Waals surface area contributed by atoms with E-state index >= 15 is 0 Å². The standard InChI is InChI=1S/C12H13NO2S/c1-10-5-6-12(11(2)9-10)16(14,15)13-7-3-4-8-13/h3-9H,1-2H3. The average molecular weight is 235 g/mol. The van der Waals surface area contributed by atoms with Crippen LogP contribution in [-0.4, -0.2) is 12.4 Å². The molecule has 0 N–H and O–H groups in total. The quantitative estimate of drug-likeness (QED) is 0.801. The zero-order valence-electron chi connectivity index (χ0n) is 9.21. The van der Waals surface area contributed by atoms with Crippen molar-refractivity contribution in [2.24, 2.45) is 0 Å². The number of aromatic nitrogens is 1. The third kappa shape index (κ3) is 1.76. The molecule has 1 heterocycles. The van der Waals surface area contributed by atoms with E-state index in [9.17, 15) is 8.42 Å². The predicted molar refractivity (Wildman–Crippen MR) is 62.9 cm³/mol. The lowest BCUT2D eigenvalue weighted by molar-refractivity contribution is 0.587. The summed E-state index contributed by atoms with van der Waals surface area (Å²) in [4.78, 5) is 0.356. The van der Waals surface area contributed by atoms with Gasteiger partial charge in [0.25, 0.3) is 10.0 Å². The minimum Gasteiger partial charge on any atom is -0.249 e. The maximum atomic E-state index is 12.2. The minimum atomic E-state index is -3.43. The van der Waals surface area contributed by atoms with Gasteiger partial charge >= 0.3 is 0 Å². The van der Waals surface area contributed by atoms with Gasteiger partial charge in [-0.3, -0.25) is 0 Å². The van der Waals surface area contributed by atoms with E-state index in [0.717, 1.165) is 11.1 Å². The summed E-state index contributed by atoms with van der Waals surface area (Å²) in [6.45, 7) is 3.75. The SMILES string of the molecule is Cc1ccc(S(=O)(=O)n2cccc2)c(C)c1. The topological polar surface area (TPSA) is 39.1 Å². The molecule has 0 bridgehead atoms. The summed E-state index contributed by atoms with van der Waals surface area (Å²) in [5.41, 5.74) is 1.83. The minimum absolute atomic E-state index is 0.356. The lowest BCUT2D eigenvalue weighted by Crippen LogP contribution is -2.12. The fraction of sp³-hybridized carbons (Fsp3) is 0.167. The molecular formula is C12H13NO2S. The maximum Gasteiger partial charge on any atom is 0.267 e. The van der Waals surface area contributed by atoms with Crippen LogP contribution in [-0.2, 0) is 10.0 Å². The molecule has 0 aliphatic heterocycles. The maximum absolute atomic E-state index is 12.2. The first kappa shape index (κ1) is 11.0. The Hall–Kier alpha value is -1.55. The summed E-state index contributed by atoms with van der Waals surface area (Å²) in [5.74, 6) is 0. The summed E-state index contributed by atoms with van der Waals surface area (Å²) in [5, 5.41) is 0.